The van der Waals surface area contributed by atoms with Crippen molar-refractivity contribution in [2.45, 2.75) is 18.9 Å². The number of anilines is 1. The van der Waals surface area contributed by atoms with Gasteiger partial charge in [-0.15, -0.1) is 0 Å². The van der Waals surface area contributed by atoms with E-state index in [2.05, 4.69) is 17.3 Å². The van der Waals surface area contributed by atoms with Crippen molar-refractivity contribution in [1.82, 2.24) is 4.90 Å². The highest BCUT2D eigenvalue weighted by molar-refractivity contribution is 5.44. The summed E-state index contributed by atoms with van der Waals surface area (Å²) in [6, 6.07) is 4.27. The third kappa shape index (κ3) is 2.70. The Labute approximate surface area is 94.3 Å². The number of nitrogens with one attached hydrogen (secondary N) is 1. The molecule has 0 amide bonds. The van der Waals surface area contributed by atoms with E-state index < -0.39 is 11.6 Å². The number of likely N-dealkylation sites (N-methyl/N-ethyl adjacent to an activating group) is 1. The third-order valence-corrected chi connectivity index (χ3v) is 2.91. The SMILES string of the molecule is CN1CCCC(Nc2ccc(F)c(F)c2)C1. The molecule has 0 aliphatic carbocycles. The van der Waals surface area contributed by atoms with Crippen LogP contribution in [0.4, 0.5) is 14.5 Å². The molecule has 0 bridgehead atoms. The van der Waals surface area contributed by atoms with E-state index >= 15 is 0 Å². The molecule has 0 saturated carbocycles. The highest BCUT2D eigenvalue weighted by Crippen LogP contribution is 2.17. The maximum absolute atomic E-state index is 13.0. The molecule has 1 aliphatic rings. The lowest BCUT2D eigenvalue weighted by Crippen LogP contribution is -2.39. The highest BCUT2D eigenvalue weighted by Gasteiger charge is 2.17. The summed E-state index contributed by atoms with van der Waals surface area (Å²) in [6.07, 6.45) is 2.21. The van der Waals surface area contributed by atoms with Crippen LogP contribution < -0.4 is 5.32 Å². The molecular formula is C12H16F2N2. The van der Waals surface area contributed by atoms with Gasteiger partial charge in [0, 0.05) is 24.3 Å². The van der Waals surface area contributed by atoms with Crippen LogP contribution in [-0.2, 0) is 0 Å². The topological polar surface area (TPSA) is 15.3 Å². The number of hydrogen-bond donors (Lipinski definition) is 1. The molecule has 0 radical (unpaired) electrons. The molecule has 1 aliphatic heterocycles. The van der Waals surface area contributed by atoms with E-state index in [0.29, 0.717) is 11.7 Å². The van der Waals surface area contributed by atoms with Crippen LogP contribution in [0.1, 0.15) is 12.8 Å². The Balaban J connectivity index is 2.00. The standard InChI is InChI=1S/C12H16F2N2/c1-16-6-2-3-10(8-16)15-9-4-5-11(13)12(14)7-9/h4-5,7,10,15H,2-3,6,8H2,1H3. The predicted octanol–water partition coefficient (Wildman–Crippen LogP) is 2.47. The molecule has 1 aromatic rings. The molecule has 0 aromatic heterocycles. The number of benzene rings is 1. The molecule has 1 atom stereocenters. The van der Waals surface area contributed by atoms with Crippen LogP contribution in [0.2, 0.25) is 0 Å². The minimum Gasteiger partial charge on any atom is -0.381 e. The van der Waals surface area contributed by atoms with Crippen LogP contribution in [0.25, 0.3) is 0 Å². The molecule has 1 saturated heterocycles. The summed E-state index contributed by atoms with van der Waals surface area (Å²) < 4.78 is 25.7. The molecule has 1 N–H and O–H groups in total. The van der Waals surface area contributed by atoms with Gasteiger partial charge in [0.2, 0.25) is 0 Å². The lowest BCUT2D eigenvalue weighted by Gasteiger charge is -2.30. The number of hydrogen-bond acceptors (Lipinski definition) is 2. The van der Waals surface area contributed by atoms with Crippen molar-refractivity contribution in [2.75, 3.05) is 25.5 Å². The minimum atomic E-state index is -0.800. The summed E-state index contributed by atoms with van der Waals surface area (Å²) in [5.41, 5.74) is 0.652. The second-order valence-electron chi connectivity index (χ2n) is 4.37. The molecular weight excluding hydrogens is 210 g/mol. The zero-order valence-electron chi connectivity index (χ0n) is 9.34. The van der Waals surface area contributed by atoms with Crippen LogP contribution in [0.5, 0.6) is 0 Å². The van der Waals surface area contributed by atoms with Crippen molar-refractivity contribution in [3.8, 4) is 0 Å². The molecule has 0 spiro atoms. The Morgan fingerprint density at radius 3 is 2.81 bits per heavy atom. The van der Waals surface area contributed by atoms with Gasteiger partial charge in [0.25, 0.3) is 0 Å². The normalized spacial score (nSPS) is 22.1. The second kappa shape index (κ2) is 4.78. The maximum Gasteiger partial charge on any atom is 0.160 e. The first-order valence-electron chi connectivity index (χ1n) is 5.55. The monoisotopic (exact) mass is 226 g/mol. The van der Waals surface area contributed by atoms with Gasteiger partial charge in [0.15, 0.2) is 11.6 Å². The zero-order valence-corrected chi connectivity index (χ0v) is 9.34. The summed E-state index contributed by atoms with van der Waals surface area (Å²) in [5, 5.41) is 3.23. The molecule has 2 rings (SSSR count). The van der Waals surface area contributed by atoms with Gasteiger partial charge >= 0.3 is 0 Å². The number of nitrogens with zero attached hydrogens (tertiary/aromatic N) is 1. The van der Waals surface area contributed by atoms with E-state index in [9.17, 15) is 8.78 Å². The van der Waals surface area contributed by atoms with Gasteiger partial charge < -0.3 is 10.2 Å². The summed E-state index contributed by atoms with van der Waals surface area (Å²) in [4.78, 5) is 2.24. The van der Waals surface area contributed by atoms with Crippen molar-refractivity contribution in [3.05, 3.63) is 29.8 Å². The first-order chi connectivity index (χ1) is 7.65. The molecule has 1 fully saturated rings. The lowest BCUT2D eigenvalue weighted by molar-refractivity contribution is 0.261. The Morgan fingerprint density at radius 1 is 1.31 bits per heavy atom. The molecule has 4 heteroatoms. The van der Waals surface area contributed by atoms with E-state index in [-0.39, 0.29) is 0 Å². The van der Waals surface area contributed by atoms with Crippen molar-refractivity contribution in [1.29, 1.82) is 0 Å². The first kappa shape index (κ1) is 11.3. The smallest absolute Gasteiger partial charge is 0.160 e. The van der Waals surface area contributed by atoms with Crippen LogP contribution in [0.3, 0.4) is 0 Å². The van der Waals surface area contributed by atoms with Gasteiger partial charge in [-0.1, -0.05) is 0 Å². The largest absolute Gasteiger partial charge is 0.381 e. The first-order valence-corrected chi connectivity index (χ1v) is 5.55. The lowest BCUT2D eigenvalue weighted by atomic mass is 10.1. The Morgan fingerprint density at radius 2 is 2.12 bits per heavy atom. The van der Waals surface area contributed by atoms with Crippen molar-refractivity contribution in [3.63, 3.8) is 0 Å². The summed E-state index contributed by atoms with van der Waals surface area (Å²) in [6.45, 7) is 2.05. The quantitative estimate of drug-likeness (QED) is 0.833. The second-order valence-corrected chi connectivity index (χ2v) is 4.37. The van der Waals surface area contributed by atoms with E-state index in [4.69, 9.17) is 0 Å². The molecule has 88 valence electrons. The maximum atomic E-state index is 13.0. The van der Waals surface area contributed by atoms with Crippen molar-refractivity contribution < 1.29 is 8.78 Å². The van der Waals surface area contributed by atoms with Gasteiger partial charge in [-0.05, 0) is 38.6 Å². The van der Waals surface area contributed by atoms with Gasteiger partial charge in [-0.3, -0.25) is 0 Å². The predicted molar refractivity (Wildman–Crippen MR) is 60.5 cm³/mol. The molecule has 1 heterocycles. The van der Waals surface area contributed by atoms with Gasteiger partial charge in [-0.2, -0.15) is 0 Å². The Bertz CT molecular complexity index is 368. The van der Waals surface area contributed by atoms with Crippen molar-refractivity contribution >= 4 is 5.69 Å². The molecule has 2 nitrogen and oxygen atoms in total. The number of halogens is 2. The molecule has 16 heavy (non-hydrogen) atoms. The summed E-state index contributed by atoms with van der Waals surface area (Å²) >= 11 is 0. The average Bonchev–Trinajstić information content (AvgIpc) is 2.24. The van der Waals surface area contributed by atoms with Gasteiger partial charge in [0.05, 0.1) is 0 Å². The summed E-state index contributed by atoms with van der Waals surface area (Å²) in [5.74, 6) is -1.60. The van der Waals surface area contributed by atoms with Crippen LogP contribution in [0.15, 0.2) is 18.2 Å². The highest BCUT2D eigenvalue weighted by atomic mass is 19.2. The van der Waals surface area contributed by atoms with E-state index in [1.165, 1.54) is 6.07 Å². The van der Waals surface area contributed by atoms with E-state index in [0.717, 1.165) is 32.0 Å². The molecule has 1 unspecified atom stereocenters. The fourth-order valence-corrected chi connectivity index (χ4v) is 2.11. The minimum absolute atomic E-state index is 0.323. The fourth-order valence-electron chi connectivity index (χ4n) is 2.11. The van der Waals surface area contributed by atoms with Gasteiger partial charge in [-0.25, -0.2) is 8.78 Å². The van der Waals surface area contributed by atoms with Crippen LogP contribution >= 0.6 is 0 Å². The number of piperidine rings is 1. The zero-order chi connectivity index (χ0) is 11.5. The molecule has 1 aromatic carbocycles. The van der Waals surface area contributed by atoms with Crippen LogP contribution in [0, 0.1) is 11.6 Å². The van der Waals surface area contributed by atoms with Crippen LogP contribution in [-0.4, -0.2) is 31.1 Å². The fraction of sp³-hybridized carbons (Fsp3) is 0.500. The average molecular weight is 226 g/mol. The van der Waals surface area contributed by atoms with E-state index in [1.54, 1.807) is 6.07 Å². The Hall–Kier alpha value is -1.16. The van der Waals surface area contributed by atoms with E-state index in [1.807, 2.05) is 0 Å². The Kier molecular flexibility index (Phi) is 3.39. The van der Waals surface area contributed by atoms with Gasteiger partial charge in [0.1, 0.15) is 0 Å². The summed E-state index contributed by atoms with van der Waals surface area (Å²) in [7, 11) is 2.07. The number of rotatable bonds is 2. The van der Waals surface area contributed by atoms with Crippen molar-refractivity contribution in [2.24, 2.45) is 0 Å². The third-order valence-electron chi connectivity index (χ3n) is 2.91. The number of likely N-dealkylation sites (tertiary alicyclic amines) is 1.